The molecule has 0 aliphatic carbocycles. The Morgan fingerprint density at radius 3 is 2.36 bits per heavy atom. The number of carbonyl (C=O) groups is 2. The first-order valence-electron chi connectivity index (χ1n) is 19.3. The number of para-hydroxylation sites is 1. The molecule has 59 heavy (non-hydrogen) atoms. The van der Waals surface area contributed by atoms with E-state index in [-0.39, 0.29) is 31.9 Å². The van der Waals surface area contributed by atoms with Crippen LogP contribution in [0.1, 0.15) is 53.2 Å². The zero-order chi connectivity index (χ0) is 40.9. The predicted octanol–water partition coefficient (Wildman–Crippen LogP) is 8.65. The van der Waals surface area contributed by atoms with Gasteiger partial charge in [-0.15, -0.1) is 12.4 Å². The number of nitrogens with zero attached hydrogens (tertiary/aromatic N) is 1. The van der Waals surface area contributed by atoms with Crippen LogP contribution in [0.4, 0.5) is 10.1 Å². The van der Waals surface area contributed by atoms with E-state index >= 15 is 0 Å². The molecule has 6 rings (SSSR count). The van der Waals surface area contributed by atoms with Crippen LogP contribution in [-0.2, 0) is 33.8 Å². The molecule has 0 aromatic heterocycles. The Morgan fingerprint density at radius 1 is 0.814 bits per heavy atom. The number of carbonyl (C=O) groups excluding carboxylic acids is 2. The molecule has 1 aliphatic heterocycles. The summed E-state index contributed by atoms with van der Waals surface area (Å²) in [5, 5.41) is 6.67. The molecule has 2 amide bonds. The number of methoxy groups -OCH3 is 3. The van der Waals surface area contributed by atoms with Gasteiger partial charge in [0.05, 0.1) is 46.6 Å². The Balaban J connectivity index is 0.00000661. The van der Waals surface area contributed by atoms with Gasteiger partial charge >= 0.3 is 0 Å². The van der Waals surface area contributed by atoms with Gasteiger partial charge in [-0.3, -0.25) is 9.59 Å². The Kier molecular flexibility index (Phi) is 16.8. The van der Waals surface area contributed by atoms with E-state index in [0.717, 1.165) is 32.4 Å². The average molecular weight is 847 g/mol. The highest BCUT2D eigenvalue weighted by Gasteiger charge is 2.39. The van der Waals surface area contributed by atoms with Crippen LogP contribution in [0.15, 0.2) is 109 Å². The van der Waals surface area contributed by atoms with Gasteiger partial charge in [0.25, 0.3) is 5.91 Å². The topological polar surface area (TPSA) is 108 Å². The highest BCUT2D eigenvalue weighted by Crippen LogP contribution is 2.46. The molecule has 13 heteroatoms. The van der Waals surface area contributed by atoms with Crippen molar-refractivity contribution in [3.05, 3.63) is 148 Å². The second kappa shape index (κ2) is 22.2. The largest absolute Gasteiger partial charge is 0.497 e. The Bertz CT molecular complexity index is 2160. The molecule has 1 aliphatic rings. The third-order valence-electron chi connectivity index (χ3n) is 9.95. The number of aryl methyl sites for hydroxylation is 1. The SMILES string of the molecule is COc1ccc(CN2C(=O)[C@H](CC(=O)NCc3ccccc3F)O[C@@H](c3cccc(OCCCNCCCc4ccccc4)c3OC)c3cc(Cl)ccc32)c(OC)c1.Cl. The highest BCUT2D eigenvalue weighted by atomic mass is 35.5. The van der Waals surface area contributed by atoms with Gasteiger partial charge in [-0.1, -0.05) is 72.3 Å². The van der Waals surface area contributed by atoms with E-state index in [1.54, 1.807) is 74.8 Å². The summed E-state index contributed by atoms with van der Waals surface area (Å²) in [5.74, 6) is 0.627. The third kappa shape index (κ3) is 11.7. The molecule has 0 unspecified atom stereocenters. The number of rotatable bonds is 19. The predicted molar refractivity (Wildman–Crippen MR) is 230 cm³/mol. The summed E-state index contributed by atoms with van der Waals surface area (Å²) in [6.45, 7) is 2.13. The number of ether oxygens (including phenoxy) is 5. The van der Waals surface area contributed by atoms with Crippen molar-refractivity contribution in [1.82, 2.24) is 10.6 Å². The number of halogens is 3. The number of nitrogens with one attached hydrogen (secondary N) is 2. The van der Waals surface area contributed by atoms with Gasteiger partial charge in [0.15, 0.2) is 11.5 Å². The second-order valence-electron chi connectivity index (χ2n) is 13.8. The number of fused-ring (bicyclic) bond motifs is 1. The van der Waals surface area contributed by atoms with Gasteiger partial charge in [-0.2, -0.15) is 0 Å². The molecular weight excluding hydrogens is 796 g/mol. The first kappa shape index (κ1) is 44.8. The molecule has 0 fully saturated rings. The van der Waals surface area contributed by atoms with Crippen molar-refractivity contribution in [1.29, 1.82) is 0 Å². The van der Waals surface area contributed by atoms with Crippen molar-refractivity contribution < 1.29 is 37.7 Å². The molecule has 5 aromatic rings. The van der Waals surface area contributed by atoms with E-state index in [1.807, 2.05) is 30.3 Å². The van der Waals surface area contributed by atoms with E-state index in [2.05, 4.69) is 34.9 Å². The van der Waals surface area contributed by atoms with Crippen LogP contribution < -0.4 is 34.5 Å². The second-order valence-corrected chi connectivity index (χ2v) is 14.2. The van der Waals surface area contributed by atoms with Crippen LogP contribution in [0.5, 0.6) is 23.0 Å². The zero-order valence-corrected chi connectivity index (χ0v) is 35.0. The number of hydrogen-bond donors (Lipinski definition) is 2. The van der Waals surface area contributed by atoms with E-state index < -0.39 is 29.8 Å². The smallest absolute Gasteiger partial charge is 0.257 e. The van der Waals surface area contributed by atoms with Crippen LogP contribution in [0, 0.1) is 5.82 Å². The molecule has 0 saturated carbocycles. The molecule has 0 saturated heterocycles. The quantitative estimate of drug-likeness (QED) is 0.0797. The van der Waals surface area contributed by atoms with E-state index in [9.17, 15) is 14.0 Å². The fourth-order valence-corrected chi connectivity index (χ4v) is 7.16. The van der Waals surface area contributed by atoms with Crippen LogP contribution in [-0.4, -0.2) is 58.9 Å². The van der Waals surface area contributed by atoms with Crippen LogP contribution in [0.25, 0.3) is 0 Å². The number of anilines is 1. The molecule has 2 N–H and O–H groups in total. The van der Waals surface area contributed by atoms with Crippen molar-refractivity contribution in [3.63, 3.8) is 0 Å². The van der Waals surface area contributed by atoms with Gasteiger partial charge in [0, 0.05) is 39.9 Å². The van der Waals surface area contributed by atoms with Crippen molar-refractivity contribution in [2.24, 2.45) is 0 Å². The number of amides is 2. The molecule has 0 bridgehead atoms. The lowest BCUT2D eigenvalue weighted by Gasteiger charge is -2.26. The van der Waals surface area contributed by atoms with Crippen LogP contribution in [0.2, 0.25) is 5.02 Å². The number of benzene rings is 5. The Hall–Kier alpha value is -5.33. The lowest BCUT2D eigenvalue weighted by atomic mass is 9.97. The minimum atomic E-state index is -1.27. The normalized spacial score (nSPS) is 14.7. The maximum atomic E-state index is 14.7. The van der Waals surface area contributed by atoms with Gasteiger partial charge in [-0.25, -0.2) is 4.39 Å². The van der Waals surface area contributed by atoms with E-state index in [4.69, 9.17) is 35.3 Å². The molecule has 5 aromatic carbocycles. The molecule has 1 heterocycles. The number of hydrogen-bond acceptors (Lipinski definition) is 8. The van der Waals surface area contributed by atoms with Gasteiger partial charge in [0.1, 0.15) is 29.5 Å². The van der Waals surface area contributed by atoms with Crippen molar-refractivity contribution >= 4 is 41.5 Å². The zero-order valence-electron chi connectivity index (χ0n) is 33.4. The first-order chi connectivity index (χ1) is 28.3. The monoisotopic (exact) mass is 845 g/mol. The molecule has 0 radical (unpaired) electrons. The van der Waals surface area contributed by atoms with Crippen LogP contribution in [0.3, 0.4) is 0 Å². The summed E-state index contributed by atoms with van der Waals surface area (Å²) in [7, 11) is 4.66. The van der Waals surface area contributed by atoms with Gasteiger partial charge in [-0.05, 0) is 80.4 Å². The van der Waals surface area contributed by atoms with Crippen molar-refractivity contribution in [2.75, 3.05) is 45.9 Å². The summed E-state index contributed by atoms with van der Waals surface area (Å²) in [4.78, 5) is 29.8. The summed E-state index contributed by atoms with van der Waals surface area (Å²) >= 11 is 6.66. The van der Waals surface area contributed by atoms with E-state index in [1.165, 1.54) is 11.6 Å². The molecule has 2 atom stereocenters. The highest BCUT2D eigenvalue weighted by molar-refractivity contribution is 6.30. The summed E-state index contributed by atoms with van der Waals surface area (Å²) in [5.41, 5.74) is 4.02. The molecule has 0 spiro atoms. The third-order valence-corrected chi connectivity index (χ3v) is 10.2. The van der Waals surface area contributed by atoms with Crippen molar-refractivity contribution in [2.45, 2.75) is 51.0 Å². The van der Waals surface area contributed by atoms with Crippen molar-refractivity contribution in [3.8, 4) is 23.0 Å². The van der Waals surface area contributed by atoms with Gasteiger partial charge < -0.3 is 39.2 Å². The maximum Gasteiger partial charge on any atom is 0.257 e. The summed E-state index contributed by atoms with van der Waals surface area (Å²) in [6, 6.07) is 32.7. The Morgan fingerprint density at radius 2 is 1.59 bits per heavy atom. The first-order valence-corrected chi connectivity index (χ1v) is 19.7. The Labute approximate surface area is 356 Å². The van der Waals surface area contributed by atoms with E-state index in [0.29, 0.717) is 62.6 Å². The standard InChI is InChI=1S/C46H49ClFN3O7.ClH/c1-54-35-21-19-33(41(27-35)55-2)30-51-39-22-20-34(47)26-37(39)44(58-42(46(51)53)28-43(52)50-29-32-15-7-8-17-38(32)48)36-16-9-18-40(45(36)56-3)57-25-11-24-49-23-10-14-31-12-5-4-6-13-31;/h4-9,12-13,15-22,26-27,42,44,49H,10-11,14,23-25,28-30H2,1-3H3,(H,50,52);1H/t42-,44-;/m0./s1. The summed E-state index contributed by atoms with van der Waals surface area (Å²) < 4.78 is 44.5. The fourth-order valence-electron chi connectivity index (χ4n) is 6.98. The minimum Gasteiger partial charge on any atom is -0.497 e. The lowest BCUT2D eigenvalue weighted by molar-refractivity contribution is -0.138. The lowest BCUT2D eigenvalue weighted by Crippen LogP contribution is -2.41. The molecule has 10 nitrogen and oxygen atoms in total. The average Bonchev–Trinajstić information content (AvgIpc) is 3.35. The molecular formula is C46H50Cl2FN3O7. The minimum absolute atomic E-state index is 0. The van der Waals surface area contributed by atoms with Crippen LogP contribution >= 0.6 is 24.0 Å². The molecule has 312 valence electrons. The maximum absolute atomic E-state index is 14.7. The van der Waals surface area contributed by atoms with Gasteiger partial charge in [0.2, 0.25) is 5.91 Å². The summed E-state index contributed by atoms with van der Waals surface area (Å²) in [6.07, 6.45) is 0.273. The fraction of sp³-hybridized carbons (Fsp3) is 0.304.